The van der Waals surface area contributed by atoms with Crippen LogP contribution in [0.1, 0.15) is 11.9 Å². The van der Waals surface area contributed by atoms with E-state index < -0.39 is 6.23 Å². The lowest BCUT2D eigenvalue weighted by atomic mass is 10.3. The number of β-amino-alcohol motifs (C(OH)–C–C–N with tert-alkyl or cyclic N) is 1. The smallest absolute Gasteiger partial charge is 0.328 e. The number of aromatic nitrogens is 2. The second-order valence-corrected chi connectivity index (χ2v) is 7.44. The quantitative estimate of drug-likeness (QED) is 0.746. The fraction of sp³-hybridized carbons (Fsp3) is 0.312. The van der Waals surface area contributed by atoms with E-state index in [4.69, 9.17) is 4.74 Å². The zero-order valence-corrected chi connectivity index (χ0v) is 16.1. The van der Waals surface area contributed by atoms with Crippen LogP contribution >= 0.6 is 27.3 Å². The minimum atomic E-state index is -0.905. The van der Waals surface area contributed by atoms with Crippen LogP contribution in [0.5, 0.6) is 5.75 Å². The maximum atomic E-state index is 12.1. The van der Waals surface area contributed by atoms with Crippen LogP contribution in [0.25, 0.3) is 0 Å². The number of allylic oxidation sites excluding steroid dienone is 2. The standard InChI is InChI=1S/C16H17BrN4O3S/c1-3-11(24-12-6-4-5-10(17)7-12)8-13-18-19-15(25-13)21-14(22)9-20(2)16(21)23/h3-7,14,22H,8-9H2,1-2H3/b11-3-. The van der Waals surface area contributed by atoms with Gasteiger partial charge in [0.1, 0.15) is 16.5 Å². The fourth-order valence-corrected chi connectivity index (χ4v) is 3.63. The number of likely N-dealkylation sites (N-methyl/N-ethyl adjacent to an activating group) is 1. The van der Waals surface area contributed by atoms with Crippen molar-refractivity contribution in [1.29, 1.82) is 0 Å². The highest BCUT2D eigenvalue weighted by Crippen LogP contribution is 2.28. The predicted molar refractivity (Wildman–Crippen MR) is 98.7 cm³/mol. The van der Waals surface area contributed by atoms with Crippen molar-refractivity contribution in [3.8, 4) is 5.75 Å². The summed E-state index contributed by atoms with van der Waals surface area (Å²) < 4.78 is 6.81. The molecule has 1 aromatic heterocycles. The van der Waals surface area contributed by atoms with Gasteiger partial charge in [0.25, 0.3) is 0 Å². The number of benzene rings is 1. The number of nitrogens with zero attached hydrogens (tertiary/aromatic N) is 4. The highest BCUT2D eigenvalue weighted by Gasteiger charge is 2.37. The van der Waals surface area contributed by atoms with Crippen LogP contribution < -0.4 is 9.64 Å². The van der Waals surface area contributed by atoms with Crippen molar-refractivity contribution in [2.24, 2.45) is 0 Å². The lowest BCUT2D eigenvalue weighted by Gasteiger charge is -2.14. The van der Waals surface area contributed by atoms with Gasteiger partial charge in [0, 0.05) is 11.5 Å². The van der Waals surface area contributed by atoms with Gasteiger partial charge in [-0.15, -0.1) is 10.2 Å². The van der Waals surface area contributed by atoms with Crippen LogP contribution in [0, 0.1) is 0 Å². The zero-order valence-electron chi connectivity index (χ0n) is 13.7. The first kappa shape index (κ1) is 17.8. The molecule has 25 heavy (non-hydrogen) atoms. The van der Waals surface area contributed by atoms with E-state index in [-0.39, 0.29) is 12.6 Å². The summed E-state index contributed by atoms with van der Waals surface area (Å²) in [6.07, 6.45) is 1.41. The molecule has 1 aliphatic rings. The van der Waals surface area contributed by atoms with E-state index >= 15 is 0 Å². The van der Waals surface area contributed by atoms with Crippen LogP contribution in [-0.4, -0.2) is 46.1 Å². The van der Waals surface area contributed by atoms with Crippen molar-refractivity contribution in [3.05, 3.63) is 45.6 Å². The molecule has 2 amide bonds. The van der Waals surface area contributed by atoms with Crippen molar-refractivity contribution >= 4 is 38.4 Å². The molecule has 0 saturated carbocycles. The predicted octanol–water partition coefficient (Wildman–Crippen LogP) is 3.02. The van der Waals surface area contributed by atoms with Gasteiger partial charge in [0.05, 0.1) is 13.0 Å². The average Bonchev–Trinajstić information content (AvgIpc) is 3.11. The first-order valence-electron chi connectivity index (χ1n) is 7.61. The molecular weight excluding hydrogens is 408 g/mol. The number of ether oxygens (including phenoxy) is 1. The normalized spacial score (nSPS) is 18.2. The molecule has 9 heteroatoms. The monoisotopic (exact) mass is 424 g/mol. The first-order chi connectivity index (χ1) is 12.0. The Labute approximate surface area is 157 Å². The van der Waals surface area contributed by atoms with Gasteiger partial charge >= 0.3 is 6.03 Å². The summed E-state index contributed by atoms with van der Waals surface area (Å²) in [6, 6.07) is 7.28. The average molecular weight is 425 g/mol. The number of aliphatic hydroxyl groups excluding tert-OH is 1. The SMILES string of the molecule is C/C=C(/Cc1nnc(N2C(=O)N(C)CC2O)s1)Oc1cccc(Br)c1. The summed E-state index contributed by atoms with van der Waals surface area (Å²) in [5.74, 6) is 1.45. The van der Waals surface area contributed by atoms with E-state index in [0.29, 0.717) is 16.6 Å². The molecule has 0 bridgehead atoms. The van der Waals surface area contributed by atoms with E-state index in [9.17, 15) is 9.90 Å². The fourth-order valence-electron chi connectivity index (χ4n) is 2.37. The van der Waals surface area contributed by atoms with Gasteiger partial charge in [0.2, 0.25) is 5.13 Å². The highest BCUT2D eigenvalue weighted by molar-refractivity contribution is 9.10. The molecule has 2 aromatic rings. The van der Waals surface area contributed by atoms with Crippen molar-refractivity contribution in [3.63, 3.8) is 0 Å². The minimum absolute atomic E-state index is 0.250. The molecule has 1 N–H and O–H groups in total. The number of hydrogen-bond acceptors (Lipinski definition) is 6. The van der Waals surface area contributed by atoms with E-state index in [1.54, 1.807) is 7.05 Å². The summed E-state index contributed by atoms with van der Waals surface area (Å²) in [5.41, 5.74) is 0. The lowest BCUT2D eigenvalue weighted by molar-refractivity contribution is 0.183. The van der Waals surface area contributed by atoms with Gasteiger partial charge in [0.15, 0.2) is 6.23 Å². The molecule has 3 rings (SSSR count). The van der Waals surface area contributed by atoms with Crippen LogP contribution in [0.2, 0.25) is 0 Å². The third-order valence-electron chi connectivity index (χ3n) is 3.62. The molecule has 1 aromatic carbocycles. The number of aliphatic hydroxyl groups is 1. The Morgan fingerprint density at radius 1 is 1.52 bits per heavy atom. The number of carbonyl (C=O) groups excluding carboxylic acids is 1. The van der Waals surface area contributed by atoms with E-state index in [0.717, 1.165) is 16.0 Å². The molecule has 2 heterocycles. The Kier molecular flexibility index (Phi) is 5.36. The Hall–Kier alpha value is -1.97. The van der Waals surface area contributed by atoms with Crippen molar-refractivity contribution in [1.82, 2.24) is 15.1 Å². The third-order valence-corrected chi connectivity index (χ3v) is 5.04. The molecule has 0 radical (unpaired) electrons. The number of rotatable bonds is 5. The van der Waals surface area contributed by atoms with Gasteiger partial charge in [-0.2, -0.15) is 0 Å². The van der Waals surface area contributed by atoms with Crippen LogP contribution in [0.15, 0.2) is 40.6 Å². The molecule has 1 atom stereocenters. The summed E-state index contributed by atoms with van der Waals surface area (Å²) in [6.45, 7) is 2.14. The molecule has 7 nitrogen and oxygen atoms in total. The topological polar surface area (TPSA) is 78.8 Å². The Bertz CT molecular complexity index is 810. The minimum Gasteiger partial charge on any atom is -0.462 e. The summed E-state index contributed by atoms with van der Waals surface area (Å²) in [4.78, 5) is 14.8. The first-order valence-corrected chi connectivity index (χ1v) is 9.22. The molecule has 1 unspecified atom stereocenters. The van der Waals surface area contributed by atoms with Crippen molar-refractivity contribution < 1.29 is 14.6 Å². The number of hydrogen-bond donors (Lipinski definition) is 1. The molecule has 132 valence electrons. The molecule has 1 fully saturated rings. The van der Waals surface area contributed by atoms with Gasteiger partial charge in [-0.25, -0.2) is 9.69 Å². The number of urea groups is 1. The lowest BCUT2D eigenvalue weighted by Crippen LogP contribution is -2.34. The van der Waals surface area contributed by atoms with Crippen molar-refractivity contribution in [2.45, 2.75) is 19.6 Å². The molecule has 1 aliphatic heterocycles. The Morgan fingerprint density at radius 2 is 2.32 bits per heavy atom. The van der Waals surface area contributed by atoms with E-state index in [1.807, 2.05) is 37.3 Å². The largest absolute Gasteiger partial charge is 0.462 e. The molecule has 1 saturated heterocycles. The summed E-state index contributed by atoms with van der Waals surface area (Å²) in [5, 5.41) is 19.2. The second kappa shape index (κ2) is 7.51. The summed E-state index contributed by atoms with van der Waals surface area (Å²) >= 11 is 4.68. The zero-order chi connectivity index (χ0) is 18.0. The third kappa shape index (κ3) is 4.00. The van der Waals surface area contributed by atoms with Gasteiger partial charge in [-0.1, -0.05) is 33.3 Å². The molecule has 0 aliphatic carbocycles. The van der Waals surface area contributed by atoms with E-state index in [2.05, 4.69) is 26.1 Å². The number of amides is 2. The summed E-state index contributed by atoms with van der Waals surface area (Å²) in [7, 11) is 1.64. The number of anilines is 1. The second-order valence-electron chi connectivity index (χ2n) is 5.48. The van der Waals surface area contributed by atoms with Gasteiger partial charge in [-0.3, -0.25) is 0 Å². The molecule has 0 spiro atoms. The highest BCUT2D eigenvalue weighted by atomic mass is 79.9. The van der Waals surface area contributed by atoms with Gasteiger partial charge < -0.3 is 14.7 Å². The van der Waals surface area contributed by atoms with Crippen LogP contribution in [0.3, 0.4) is 0 Å². The van der Waals surface area contributed by atoms with Crippen molar-refractivity contribution in [2.75, 3.05) is 18.5 Å². The Balaban J connectivity index is 1.71. The van der Waals surface area contributed by atoms with E-state index in [1.165, 1.54) is 21.1 Å². The van der Waals surface area contributed by atoms with Crippen LogP contribution in [0.4, 0.5) is 9.93 Å². The molecular formula is C16H17BrN4O3S. The number of carbonyl (C=O) groups is 1. The Morgan fingerprint density at radius 3 is 2.96 bits per heavy atom. The van der Waals surface area contributed by atoms with Crippen LogP contribution in [-0.2, 0) is 6.42 Å². The maximum Gasteiger partial charge on any atom is 0.328 e. The number of halogens is 1. The maximum absolute atomic E-state index is 12.1. The van der Waals surface area contributed by atoms with Gasteiger partial charge in [-0.05, 0) is 31.2 Å².